The monoisotopic (exact) mass is 365 g/mol. The molecule has 0 unspecified atom stereocenters. The van der Waals surface area contributed by atoms with Crippen molar-refractivity contribution in [3.8, 4) is 0 Å². The van der Waals surface area contributed by atoms with Gasteiger partial charge in [-0.2, -0.15) is 0 Å². The lowest BCUT2D eigenvalue weighted by atomic mass is 10.3. The van der Waals surface area contributed by atoms with E-state index >= 15 is 0 Å². The Bertz CT molecular complexity index is 521. The summed E-state index contributed by atoms with van der Waals surface area (Å²) in [5.74, 6) is 0. The molecule has 0 spiro atoms. The van der Waals surface area contributed by atoms with Gasteiger partial charge in [-0.1, -0.05) is 12.1 Å². The van der Waals surface area contributed by atoms with Gasteiger partial charge in [-0.25, -0.2) is 0 Å². The van der Waals surface area contributed by atoms with E-state index in [1.165, 1.54) is 0 Å². The summed E-state index contributed by atoms with van der Waals surface area (Å²) >= 11 is 0. The molecule has 1 fully saturated rings. The van der Waals surface area contributed by atoms with E-state index in [9.17, 15) is 0 Å². The number of quaternary nitrogens is 1. The normalized spacial score (nSPS) is 16.6. The molecular formula is C18H28ClN5O. The molecular weight excluding hydrogens is 338 g/mol. The highest BCUT2D eigenvalue weighted by molar-refractivity contribution is 5.04. The number of halogens is 1. The highest BCUT2D eigenvalue weighted by atomic mass is 35.5. The molecule has 3 heterocycles. The van der Waals surface area contributed by atoms with Crippen LogP contribution in [0.5, 0.6) is 0 Å². The Hall–Kier alpha value is -1.57. The van der Waals surface area contributed by atoms with Gasteiger partial charge in [0.2, 0.25) is 0 Å². The Kier molecular flexibility index (Phi) is 10.2. The van der Waals surface area contributed by atoms with Crippen LogP contribution in [0.3, 0.4) is 0 Å². The predicted molar refractivity (Wildman–Crippen MR) is 94.3 cm³/mol. The zero-order valence-electron chi connectivity index (χ0n) is 14.5. The van der Waals surface area contributed by atoms with E-state index in [0.717, 1.165) is 63.7 Å². The summed E-state index contributed by atoms with van der Waals surface area (Å²) in [6.45, 7) is 8.59. The van der Waals surface area contributed by atoms with Crippen molar-refractivity contribution >= 4 is 0 Å². The van der Waals surface area contributed by atoms with Crippen molar-refractivity contribution in [2.24, 2.45) is 0 Å². The van der Waals surface area contributed by atoms with Crippen LogP contribution in [0.15, 0.2) is 48.8 Å². The van der Waals surface area contributed by atoms with Crippen molar-refractivity contribution in [1.29, 1.82) is 0 Å². The van der Waals surface area contributed by atoms with Crippen LogP contribution in [0.1, 0.15) is 11.4 Å². The van der Waals surface area contributed by atoms with Crippen molar-refractivity contribution in [3.05, 3.63) is 60.2 Å². The largest absolute Gasteiger partial charge is 1.00 e. The van der Waals surface area contributed by atoms with Gasteiger partial charge in [0.15, 0.2) is 0 Å². The second kappa shape index (κ2) is 11.9. The minimum absolute atomic E-state index is 0. The average Bonchev–Trinajstić information content (AvgIpc) is 2.70. The van der Waals surface area contributed by atoms with E-state index in [4.69, 9.17) is 0 Å². The highest BCUT2D eigenvalue weighted by Gasteiger charge is 2.14. The van der Waals surface area contributed by atoms with Gasteiger partial charge in [0.1, 0.15) is 0 Å². The SMILES string of the molecule is O.[Cl-].c1ccc(CN2CC[NH2+]CCN(Cc3ccccn3)CC2)nc1. The van der Waals surface area contributed by atoms with E-state index in [0.29, 0.717) is 0 Å². The van der Waals surface area contributed by atoms with E-state index < -0.39 is 0 Å². The van der Waals surface area contributed by atoms with E-state index in [1.54, 1.807) is 0 Å². The second-order valence-electron chi connectivity index (χ2n) is 6.06. The summed E-state index contributed by atoms with van der Waals surface area (Å²) < 4.78 is 0. The smallest absolute Gasteiger partial charge is 0.0885 e. The van der Waals surface area contributed by atoms with Crippen molar-refractivity contribution in [3.63, 3.8) is 0 Å². The summed E-state index contributed by atoms with van der Waals surface area (Å²) in [4.78, 5) is 13.9. The van der Waals surface area contributed by atoms with Crippen LogP contribution in [0.25, 0.3) is 0 Å². The molecule has 1 aliphatic heterocycles. The predicted octanol–water partition coefficient (Wildman–Crippen LogP) is -3.46. The standard InChI is InChI=1S/C18H25N5.ClH.H2O/c1-3-7-20-17(5-1)15-22-11-9-19-10-12-23(14-13-22)16-18-6-2-4-8-21-18;;/h1-8,19H,9-16H2;1H;1H2. The van der Waals surface area contributed by atoms with Gasteiger partial charge in [-0.3, -0.25) is 19.8 Å². The van der Waals surface area contributed by atoms with Gasteiger partial charge >= 0.3 is 0 Å². The van der Waals surface area contributed by atoms with Crippen LogP contribution in [0, 0.1) is 0 Å². The molecule has 1 saturated heterocycles. The molecule has 0 bridgehead atoms. The first-order valence-corrected chi connectivity index (χ1v) is 8.46. The molecule has 1 aliphatic rings. The topological polar surface area (TPSA) is 80.4 Å². The van der Waals surface area contributed by atoms with Gasteiger partial charge in [0.05, 0.1) is 24.5 Å². The van der Waals surface area contributed by atoms with Crippen LogP contribution in [0.4, 0.5) is 0 Å². The Morgan fingerprint density at radius 1 is 0.760 bits per heavy atom. The molecule has 6 nitrogen and oxygen atoms in total. The maximum absolute atomic E-state index is 4.46. The van der Waals surface area contributed by atoms with Crippen molar-refractivity contribution in [2.45, 2.75) is 13.1 Å². The quantitative estimate of drug-likeness (QED) is 0.610. The first kappa shape index (κ1) is 21.5. The molecule has 25 heavy (non-hydrogen) atoms. The van der Waals surface area contributed by atoms with E-state index in [1.807, 2.05) is 24.5 Å². The molecule has 2 aromatic heterocycles. The maximum Gasteiger partial charge on any atom is 0.0885 e. The molecule has 4 N–H and O–H groups in total. The molecule has 3 rings (SSSR count). The first-order valence-electron chi connectivity index (χ1n) is 8.46. The number of nitrogens with zero attached hydrogens (tertiary/aromatic N) is 4. The van der Waals surface area contributed by atoms with Crippen LogP contribution in [-0.2, 0) is 13.1 Å². The van der Waals surface area contributed by atoms with E-state index in [-0.39, 0.29) is 17.9 Å². The van der Waals surface area contributed by atoms with Crippen molar-refractivity contribution in [1.82, 2.24) is 19.8 Å². The lowest BCUT2D eigenvalue weighted by Crippen LogP contribution is -3.00. The molecule has 0 amide bonds. The van der Waals surface area contributed by atoms with Crippen LogP contribution >= 0.6 is 0 Å². The number of rotatable bonds is 4. The number of nitrogens with two attached hydrogens (primary N) is 1. The number of hydrogen-bond donors (Lipinski definition) is 1. The Morgan fingerprint density at radius 2 is 1.24 bits per heavy atom. The fourth-order valence-electron chi connectivity index (χ4n) is 2.96. The summed E-state index contributed by atoms with van der Waals surface area (Å²) in [5, 5.41) is 2.42. The Labute approximate surface area is 156 Å². The van der Waals surface area contributed by atoms with Gasteiger partial charge < -0.3 is 23.2 Å². The third kappa shape index (κ3) is 7.46. The second-order valence-corrected chi connectivity index (χ2v) is 6.06. The van der Waals surface area contributed by atoms with Crippen LogP contribution < -0.4 is 17.7 Å². The molecule has 2 aromatic rings. The minimum atomic E-state index is 0. The number of aromatic nitrogens is 2. The summed E-state index contributed by atoms with van der Waals surface area (Å²) in [6, 6.07) is 12.3. The Morgan fingerprint density at radius 3 is 1.64 bits per heavy atom. The molecule has 0 saturated carbocycles. The lowest BCUT2D eigenvalue weighted by molar-refractivity contribution is -0.653. The molecule has 138 valence electrons. The molecule has 0 aliphatic carbocycles. The van der Waals surface area contributed by atoms with Crippen LogP contribution in [0.2, 0.25) is 0 Å². The summed E-state index contributed by atoms with van der Waals surface area (Å²) in [7, 11) is 0. The van der Waals surface area contributed by atoms with Gasteiger partial charge in [-0.05, 0) is 24.3 Å². The third-order valence-corrected chi connectivity index (χ3v) is 4.25. The number of hydrogen-bond acceptors (Lipinski definition) is 4. The van der Waals surface area contributed by atoms with E-state index in [2.05, 4.69) is 49.4 Å². The van der Waals surface area contributed by atoms with Gasteiger partial charge in [0, 0.05) is 51.7 Å². The minimum Gasteiger partial charge on any atom is -1.00 e. The molecule has 0 atom stereocenters. The zero-order valence-corrected chi connectivity index (χ0v) is 15.3. The summed E-state index contributed by atoms with van der Waals surface area (Å²) in [5.41, 5.74) is 2.31. The average molecular weight is 366 g/mol. The van der Waals surface area contributed by atoms with Gasteiger partial charge in [-0.15, -0.1) is 0 Å². The fraction of sp³-hybridized carbons (Fsp3) is 0.444. The van der Waals surface area contributed by atoms with Crippen molar-refractivity contribution in [2.75, 3.05) is 39.3 Å². The highest BCUT2D eigenvalue weighted by Crippen LogP contribution is 2.04. The van der Waals surface area contributed by atoms with Crippen LogP contribution in [-0.4, -0.2) is 64.5 Å². The summed E-state index contributed by atoms with van der Waals surface area (Å²) in [6.07, 6.45) is 3.76. The maximum atomic E-state index is 4.46. The zero-order chi connectivity index (χ0) is 15.7. The lowest BCUT2D eigenvalue weighted by Gasteiger charge is -2.24. The molecule has 0 aromatic carbocycles. The first-order chi connectivity index (χ1) is 11.4. The molecule has 0 radical (unpaired) electrons. The van der Waals surface area contributed by atoms with Gasteiger partial charge in [0.25, 0.3) is 0 Å². The third-order valence-electron chi connectivity index (χ3n) is 4.25. The van der Waals surface area contributed by atoms with Crippen molar-refractivity contribution < 1.29 is 23.2 Å². The number of pyridine rings is 2. The fourth-order valence-corrected chi connectivity index (χ4v) is 2.96. The Balaban J connectivity index is 0.00000156. The molecule has 7 heteroatoms.